The minimum absolute atomic E-state index is 0.00745. The summed E-state index contributed by atoms with van der Waals surface area (Å²) in [5.41, 5.74) is 9.56. The number of ether oxygens (including phenoxy) is 1. The number of sulfonamides is 1. The first-order valence-corrected chi connectivity index (χ1v) is 32.3. The molecule has 4 aromatic heterocycles. The van der Waals surface area contributed by atoms with Crippen LogP contribution in [0.5, 0.6) is 0 Å². The number of unbranched alkanes of at least 4 members (excludes halogenated alkanes) is 5. The molecular formula is C61H74F2N14O9S2. The normalized spacial score (nSPS) is 14.1. The molecule has 0 radical (unpaired) electrons. The molecule has 0 aliphatic carbocycles. The molecule has 23 nitrogen and oxygen atoms in total. The van der Waals surface area contributed by atoms with Gasteiger partial charge in [0.1, 0.15) is 18.9 Å². The summed E-state index contributed by atoms with van der Waals surface area (Å²) >= 11 is 1.38. The van der Waals surface area contributed by atoms with Crippen molar-refractivity contribution in [2.45, 2.75) is 115 Å². The Morgan fingerprint density at radius 2 is 1.43 bits per heavy atom. The summed E-state index contributed by atoms with van der Waals surface area (Å²) in [7, 11) is -0.783. The van der Waals surface area contributed by atoms with Crippen molar-refractivity contribution in [3.63, 3.8) is 0 Å². The first kappa shape index (κ1) is 64.0. The summed E-state index contributed by atoms with van der Waals surface area (Å²) < 4.78 is 67.3. The van der Waals surface area contributed by atoms with Crippen molar-refractivity contribution >= 4 is 90.3 Å². The van der Waals surface area contributed by atoms with E-state index in [0.29, 0.717) is 121 Å². The molecule has 3 aromatic carbocycles. The third-order valence-electron chi connectivity index (χ3n) is 16.0. The Morgan fingerprint density at radius 1 is 0.750 bits per heavy atom. The van der Waals surface area contributed by atoms with Crippen LogP contribution >= 0.6 is 11.3 Å². The Kier molecular flexibility index (Phi) is 21.5. The average Bonchev–Trinajstić information content (AvgIpc) is 2.92. The van der Waals surface area contributed by atoms with E-state index in [1.54, 1.807) is 66.1 Å². The van der Waals surface area contributed by atoms with Crippen LogP contribution in [0, 0.1) is 11.6 Å². The zero-order valence-corrected chi connectivity index (χ0v) is 51.3. The van der Waals surface area contributed by atoms with Crippen molar-refractivity contribution in [1.82, 2.24) is 60.3 Å². The van der Waals surface area contributed by atoms with Crippen molar-refractivity contribution in [1.29, 1.82) is 0 Å². The van der Waals surface area contributed by atoms with Crippen LogP contribution in [-0.2, 0) is 57.1 Å². The summed E-state index contributed by atoms with van der Waals surface area (Å²) in [6.45, 7) is 3.17. The van der Waals surface area contributed by atoms with E-state index in [4.69, 9.17) is 15.8 Å². The number of piperidine rings is 2. The van der Waals surface area contributed by atoms with Gasteiger partial charge in [-0.05, 0) is 86.9 Å². The maximum atomic E-state index is 16.1. The fourth-order valence-corrected chi connectivity index (χ4v) is 13.7. The van der Waals surface area contributed by atoms with Crippen LogP contribution in [0.4, 0.5) is 20.4 Å². The molecule has 6 N–H and O–H groups in total. The molecule has 0 bridgehead atoms. The number of nitrogens with one attached hydrogen (secondary N) is 4. The van der Waals surface area contributed by atoms with Gasteiger partial charge in [-0.3, -0.25) is 42.9 Å². The molecule has 0 spiro atoms. The lowest BCUT2D eigenvalue weighted by Crippen LogP contribution is -2.40. The number of aryl methyl sites for hydroxylation is 1. The van der Waals surface area contributed by atoms with Gasteiger partial charge in [-0.2, -0.15) is 10.2 Å². The number of methoxy groups -OCH3 is 1. The van der Waals surface area contributed by atoms with Crippen LogP contribution in [0.3, 0.4) is 0 Å². The number of likely N-dealkylation sites (tertiary alicyclic amines) is 2. The van der Waals surface area contributed by atoms with Crippen LogP contribution in [0.25, 0.3) is 54.8 Å². The van der Waals surface area contributed by atoms with Gasteiger partial charge in [0.25, 0.3) is 0 Å². The standard InChI is InChI=1S/C61H74F2N14O9S2/c1-4-31-88(84,85)73-45-15-11-14-42(56(45)63)58-59(46-20-26-66-61(64)70-46)87-60(71-58)39-23-29-75(30-24-39)52(81)17-9-7-5-6-8-10-25-65-49(78)18-19-53(82)76-27-21-38(22-28-76)57-55-41(43-33-48-40(32-44(43)62)34-69-74(48)2)13-12-16-47(55)77(72-57)37-51(80)67-35-50(79)68-36-54(83)86-3/h11-16,20,26,32-34,38-39,73H,4-10,17-19,21-25,27-31,35-37H2,1-3H3,(H,65,78)(H,67,80)(H,68,79)(H2,64,66,70). The number of thiazole rings is 1. The largest absolute Gasteiger partial charge is 0.468 e. The number of nitrogens with two attached hydrogens (primary N) is 1. The molecule has 88 heavy (non-hydrogen) atoms. The number of esters is 1. The number of amides is 5. The van der Waals surface area contributed by atoms with Gasteiger partial charge in [0.15, 0.2) is 5.82 Å². The number of halogens is 2. The Balaban J connectivity index is 0.687. The van der Waals surface area contributed by atoms with Crippen LogP contribution < -0.4 is 26.4 Å². The molecule has 2 saturated heterocycles. The summed E-state index contributed by atoms with van der Waals surface area (Å²) in [6, 6.07) is 14.8. The number of benzene rings is 3. The molecule has 27 heteroatoms. The van der Waals surface area contributed by atoms with Crippen molar-refractivity contribution in [3.8, 4) is 33.0 Å². The molecule has 6 heterocycles. The van der Waals surface area contributed by atoms with E-state index in [0.717, 1.165) is 49.0 Å². The lowest BCUT2D eigenvalue weighted by molar-refractivity contribution is -0.141. The zero-order chi connectivity index (χ0) is 62.5. The minimum atomic E-state index is -3.76. The van der Waals surface area contributed by atoms with E-state index in [1.165, 1.54) is 41.5 Å². The van der Waals surface area contributed by atoms with Crippen LogP contribution in [0.15, 0.2) is 67.0 Å². The first-order valence-electron chi connectivity index (χ1n) is 29.8. The highest BCUT2D eigenvalue weighted by Crippen LogP contribution is 2.44. The molecule has 9 rings (SSSR count). The molecule has 468 valence electrons. The number of nitrogen functional groups attached to an aromatic ring is 1. The van der Waals surface area contributed by atoms with Crippen LogP contribution in [0.1, 0.15) is 119 Å². The average molecular weight is 1250 g/mol. The molecule has 2 aliphatic rings. The smallest absolute Gasteiger partial charge is 0.325 e. The number of carbonyl (C=O) groups excluding carboxylic acids is 6. The third kappa shape index (κ3) is 16.0. The molecule has 2 fully saturated rings. The number of hydrogen-bond acceptors (Lipinski definition) is 16. The number of fused-ring (bicyclic) bond motifs is 2. The van der Waals surface area contributed by atoms with Crippen molar-refractivity contribution in [3.05, 3.63) is 89.3 Å². The van der Waals surface area contributed by atoms with E-state index in [1.807, 2.05) is 11.0 Å². The monoisotopic (exact) mass is 1250 g/mol. The molecule has 2 aliphatic heterocycles. The molecular weight excluding hydrogens is 1170 g/mol. The summed E-state index contributed by atoms with van der Waals surface area (Å²) in [4.78, 5) is 94.2. The Bertz CT molecular complexity index is 3800. The van der Waals surface area contributed by atoms with Gasteiger partial charge in [0, 0.05) is 99.0 Å². The van der Waals surface area contributed by atoms with Crippen molar-refractivity contribution in [2.24, 2.45) is 7.05 Å². The van der Waals surface area contributed by atoms with E-state index in [-0.39, 0.29) is 85.0 Å². The van der Waals surface area contributed by atoms with Crippen molar-refractivity contribution < 1.29 is 50.7 Å². The highest BCUT2D eigenvalue weighted by Gasteiger charge is 2.32. The second kappa shape index (κ2) is 29.5. The number of anilines is 2. The van der Waals surface area contributed by atoms with Gasteiger partial charge in [-0.1, -0.05) is 50.8 Å². The number of carbonyl (C=O) groups is 6. The first-order chi connectivity index (χ1) is 42.4. The number of hydrogen-bond donors (Lipinski definition) is 5. The van der Waals surface area contributed by atoms with E-state index in [2.05, 4.69) is 40.5 Å². The molecule has 0 unspecified atom stereocenters. The second-order valence-corrected chi connectivity index (χ2v) is 25.1. The van der Waals surface area contributed by atoms with Gasteiger partial charge in [-0.15, -0.1) is 11.3 Å². The molecule has 0 saturated carbocycles. The number of rotatable bonds is 27. The van der Waals surface area contributed by atoms with E-state index >= 15 is 8.78 Å². The van der Waals surface area contributed by atoms with Gasteiger partial charge in [-0.25, -0.2) is 32.2 Å². The fourth-order valence-electron chi connectivity index (χ4n) is 11.3. The number of aromatic nitrogens is 7. The minimum Gasteiger partial charge on any atom is -0.468 e. The predicted octanol–water partition coefficient (Wildman–Crippen LogP) is 7.33. The topological polar surface area (TPSA) is 301 Å². The lowest BCUT2D eigenvalue weighted by Gasteiger charge is -2.31. The highest BCUT2D eigenvalue weighted by atomic mass is 32.2. The van der Waals surface area contributed by atoms with Gasteiger partial charge < -0.3 is 36.2 Å². The maximum Gasteiger partial charge on any atom is 0.325 e. The SMILES string of the molecule is CCCS(=O)(=O)Nc1cccc(-c2nc(C3CCN(C(=O)CCCCCCCCNC(=O)CCC(=O)N4CCC(c5nn(CC(=O)NCC(=O)NCC(=O)OC)c6cccc(-c7cc8c(cnn8C)cc7F)c56)CC4)CC3)sc2-c2ccnc(N)n2)c1F. The van der Waals surface area contributed by atoms with Gasteiger partial charge in [0.2, 0.25) is 45.5 Å². The van der Waals surface area contributed by atoms with E-state index in [9.17, 15) is 37.2 Å². The second-order valence-electron chi connectivity index (χ2n) is 22.2. The number of nitrogens with zero attached hydrogens (tertiary/aromatic N) is 9. The third-order valence-corrected chi connectivity index (χ3v) is 18.7. The van der Waals surface area contributed by atoms with Crippen molar-refractivity contribution in [2.75, 3.05) is 69.1 Å². The molecule has 7 aromatic rings. The van der Waals surface area contributed by atoms with Crippen LogP contribution in [-0.4, -0.2) is 147 Å². The predicted molar refractivity (Wildman–Crippen MR) is 330 cm³/mol. The summed E-state index contributed by atoms with van der Waals surface area (Å²) in [5.74, 6) is -3.41. The molecule has 5 amide bonds. The Morgan fingerprint density at radius 3 is 2.16 bits per heavy atom. The van der Waals surface area contributed by atoms with E-state index < -0.39 is 39.4 Å². The van der Waals surface area contributed by atoms with Gasteiger partial charge in [0.05, 0.1) is 69.3 Å². The Labute approximate surface area is 512 Å². The maximum absolute atomic E-state index is 16.1. The van der Waals surface area contributed by atoms with Crippen LogP contribution in [0.2, 0.25) is 0 Å². The summed E-state index contributed by atoms with van der Waals surface area (Å²) in [5, 5.41) is 19.2. The zero-order valence-electron chi connectivity index (χ0n) is 49.6. The Hall–Kier alpha value is -8.46. The fraction of sp³-hybridized carbons (Fsp3) is 0.459. The summed E-state index contributed by atoms with van der Waals surface area (Å²) in [6.07, 6.45) is 11.7. The highest BCUT2D eigenvalue weighted by molar-refractivity contribution is 7.92. The van der Waals surface area contributed by atoms with Gasteiger partial charge >= 0.3 is 5.97 Å². The lowest BCUT2D eigenvalue weighted by atomic mass is 9.88. The quantitative estimate of drug-likeness (QED) is 0.0249. The molecule has 0 atom stereocenters.